The molecular formula is C12H19N3O. The molecule has 0 radical (unpaired) electrons. The zero-order chi connectivity index (χ0) is 11.5. The van der Waals surface area contributed by atoms with Crippen molar-refractivity contribution < 1.29 is 4.79 Å². The van der Waals surface area contributed by atoms with Gasteiger partial charge in [0.2, 0.25) is 0 Å². The van der Waals surface area contributed by atoms with E-state index < -0.39 is 0 Å². The number of rotatable bonds is 4. The van der Waals surface area contributed by atoms with Crippen LogP contribution in [0.25, 0.3) is 0 Å². The lowest BCUT2D eigenvalue weighted by atomic mass is 10.2. The Labute approximate surface area is 96.0 Å². The third-order valence-corrected chi connectivity index (χ3v) is 3.20. The molecule has 0 unspecified atom stereocenters. The molecule has 0 spiro atoms. The molecule has 1 amide bonds. The number of aryl methyl sites for hydroxylation is 1. The van der Waals surface area contributed by atoms with Crippen LogP contribution in [0.5, 0.6) is 0 Å². The van der Waals surface area contributed by atoms with Gasteiger partial charge in [-0.2, -0.15) is 5.10 Å². The van der Waals surface area contributed by atoms with E-state index in [1.165, 1.54) is 0 Å². The standard InChI is InChI=1S/C12H19N3O/c1-3-4-8-15(2)12(16)11-9-6-5-7-10(9)13-14-11/h3-8H2,1-2H3,(H,13,14). The fraction of sp³-hybridized carbons (Fsp3) is 0.667. The highest BCUT2D eigenvalue weighted by Crippen LogP contribution is 2.23. The number of nitrogens with one attached hydrogen (secondary N) is 1. The molecule has 4 nitrogen and oxygen atoms in total. The fourth-order valence-electron chi connectivity index (χ4n) is 2.17. The second kappa shape index (κ2) is 4.68. The highest BCUT2D eigenvalue weighted by Gasteiger charge is 2.24. The lowest BCUT2D eigenvalue weighted by molar-refractivity contribution is 0.0786. The van der Waals surface area contributed by atoms with Crippen LogP contribution in [0.4, 0.5) is 0 Å². The van der Waals surface area contributed by atoms with Crippen LogP contribution in [0.15, 0.2) is 0 Å². The Kier molecular flexibility index (Phi) is 3.27. The number of aromatic nitrogens is 2. The topological polar surface area (TPSA) is 49.0 Å². The molecule has 0 bridgehead atoms. The molecule has 16 heavy (non-hydrogen) atoms. The molecule has 1 N–H and O–H groups in total. The lowest BCUT2D eigenvalue weighted by Crippen LogP contribution is -2.28. The zero-order valence-corrected chi connectivity index (χ0v) is 10.0. The van der Waals surface area contributed by atoms with Crippen molar-refractivity contribution >= 4 is 5.91 Å². The Bertz CT molecular complexity index is 384. The Morgan fingerprint density at radius 1 is 1.50 bits per heavy atom. The normalized spacial score (nSPS) is 13.9. The molecule has 0 aromatic carbocycles. The molecule has 0 fully saturated rings. The highest BCUT2D eigenvalue weighted by molar-refractivity contribution is 5.94. The minimum Gasteiger partial charge on any atom is -0.340 e. The third kappa shape index (κ3) is 1.96. The molecule has 1 aliphatic rings. The maximum atomic E-state index is 12.1. The summed E-state index contributed by atoms with van der Waals surface area (Å²) in [5.41, 5.74) is 2.95. The Balaban J connectivity index is 2.08. The summed E-state index contributed by atoms with van der Waals surface area (Å²) in [5, 5.41) is 7.13. The summed E-state index contributed by atoms with van der Waals surface area (Å²) in [6.45, 7) is 2.95. The van der Waals surface area contributed by atoms with Crippen molar-refractivity contribution in [1.29, 1.82) is 0 Å². The lowest BCUT2D eigenvalue weighted by Gasteiger charge is -2.15. The van der Waals surface area contributed by atoms with E-state index in [9.17, 15) is 4.79 Å². The largest absolute Gasteiger partial charge is 0.340 e. The number of nitrogens with zero attached hydrogens (tertiary/aromatic N) is 2. The summed E-state index contributed by atoms with van der Waals surface area (Å²) in [4.78, 5) is 13.9. The van der Waals surface area contributed by atoms with Gasteiger partial charge >= 0.3 is 0 Å². The number of H-pyrrole nitrogens is 1. The van der Waals surface area contributed by atoms with Crippen LogP contribution >= 0.6 is 0 Å². The smallest absolute Gasteiger partial charge is 0.274 e. The number of carbonyl (C=O) groups is 1. The second-order valence-corrected chi connectivity index (χ2v) is 4.46. The number of amides is 1. The van der Waals surface area contributed by atoms with E-state index in [1.54, 1.807) is 4.90 Å². The predicted molar refractivity (Wildman–Crippen MR) is 62.5 cm³/mol. The first-order valence-corrected chi connectivity index (χ1v) is 6.05. The maximum absolute atomic E-state index is 12.1. The summed E-state index contributed by atoms with van der Waals surface area (Å²) in [5.74, 6) is 0.0628. The van der Waals surface area contributed by atoms with Crippen molar-refractivity contribution in [2.75, 3.05) is 13.6 Å². The van der Waals surface area contributed by atoms with E-state index in [4.69, 9.17) is 0 Å². The summed E-state index contributed by atoms with van der Waals surface area (Å²) < 4.78 is 0. The van der Waals surface area contributed by atoms with E-state index in [-0.39, 0.29) is 5.91 Å². The minimum absolute atomic E-state index is 0.0628. The van der Waals surface area contributed by atoms with Gasteiger partial charge in [0.1, 0.15) is 0 Å². The fourth-order valence-corrected chi connectivity index (χ4v) is 2.17. The van der Waals surface area contributed by atoms with Crippen molar-refractivity contribution in [2.45, 2.75) is 39.0 Å². The number of carbonyl (C=O) groups excluding carboxylic acids is 1. The van der Waals surface area contributed by atoms with Crippen molar-refractivity contribution in [3.63, 3.8) is 0 Å². The van der Waals surface area contributed by atoms with Crippen molar-refractivity contribution in [1.82, 2.24) is 15.1 Å². The molecule has 2 rings (SSSR count). The second-order valence-electron chi connectivity index (χ2n) is 4.46. The number of fused-ring (bicyclic) bond motifs is 1. The first kappa shape index (κ1) is 11.2. The van der Waals surface area contributed by atoms with Gasteiger partial charge in [-0.25, -0.2) is 0 Å². The van der Waals surface area contributed by atoms with Gasteiger partial charge in [-0.05, 0) is 25.7 Å². The van der Waals surface area contributed by atoms with Crippen LogP contribution < -0.4 is 0 Å². The summed E-state index contributed by atoms with van der Waals surface area (Å²) in [6, 6.07) is 0. The first-order chi connectivity index (χ1) is 7.74. The van der Waals surface area contributed by atoms with Gasteiger partial charge in [0.15, 0.2) is 5.69 Å². The van der Waals surface area contributed by atoms with Crippen molar-refractivity contribution in [3.8, 4) is 0 Å². The quantitative estimate of drug-likeness (QED) is 0.842. The van der Waals surface area contributed by atoms with Crippen molar-refractivity contribution in [3.05, 3.63) is 17.0 Å². The first-order valence-electron chi connectivity index (χ1n) is 6.05. The highest BCUT2D eigenvalue weighted by atomic mass is 16.2. The Morgan fingerprint density at radius 3 is 3.06 bits per heavy atom. The van der Waals surface area contributed by atoms with E-state index in [0.717, 1.165) is 49.9 Å². The van der Waals surface area contributed by atoms with Crippen LogP contribution in [0.1, 0.15) is 47.9 Å². The predicted octanol–water partition coefficient (Wildman–Crippen LogP) is 1.77. The van der Waals surface area contributed by atoms with Crippen LogP contribution in [0.3, 0.4) is 0 Å². The molecule has 1 heterocycles. The van der Waals surface area contributed by atoms with Gasteiger partial charge in [0.05, 0.1) is 0 Å². The number of hydrogen-bond donors (Lipinski definition) is 1. The zero-order valence-electron chi connectivity index (χ0n) is 10.0. The average molecular weight is 221 g/mol. The van der Waals surface area contributed by atoms with Gasteiger partial charge in [-0.3, -0.25) is 9.89 Å². The van der Waals surface area contributed by atoms with Gasteiger partial charge in [0.25, 0.3) is 5.91 Å². The number of hydrogen-bond acceptors (Lipinski definition) is 2. The van der Waals surface area contributed by atoms with Gasteiger partial charge in [-0.15, -0.1) is 0 Å². The minimum atomic E-state index is 0.0628. The molecule has 0 aliphatic heterocycles. The van der Waals surface area contributed by atoms with E-state index in [0.29, 0.717) is 5.69 Å². The molecule has 1 aromatic heterocycles. The molecule has 1 aromatic rings. The Morgan fingerprint density at radius 2 is 2.31 bits per heavy atom. The third-order valence-electron chi connectivity index (χ3n) is 3.20. The van der Waals surface area contributed by atoms with Gasteiger partial charge in [0, 0.05) is 24.8 Å². The number of unbranched alkanes of at least 4 members (excludes halogenated alkanes) is 1. The molecule has 0 saturated heterocycles. The number of aromatic amines is 1. The van der Waals surface area contributed by atoms with Crippen LogP contribution in [-0.2, 0) is 12.8 Å². The van der Waals surface area contributed by atoms with E-state index in [2.05, 4.69) is 17.1 Å². The van der Waals surface area contributed by atoms with E-state index in [1.807, 2.05) is 7.05 Å². The average Bonchev–Trinajstić information content (AvgIpc) is 2.86. The Hall–Kier alpha value is -1.32. The van der Waals surface area contributed by atoms with Gasteiger partial charge < -0.3 is 4.90 Å². The van der Waals surface area contributed by atoms with Crippen LogP contribution in [0.2, 0.25) is 0 Å². The van der Waals surface area contributed by atoms with E-state index >= 15 is 0 Å². The summed E-state index contributed by atoms with van der Waals surface area (Å²) in [6.07, 6.45) is 5.33. The maximum Gasteiger partial charge on any atom is 0.274 e. The monoisotopic (exact) mass is 221 g/mol. The summed E-state index contributed by atoms with van der Waals surface area (Å²) >= 11 is 0. The van der Waals surface area contributed by atoms with Crippen molar-refractivity contribution in [2.24, 2.45) is 0 Å². The molecular weight excluding hydrogens is 202 g/mol. The molecule has 4 heteroatoms. The van der Waals surface area contributed by atoms with Crippen LogP contribution in [-0.4, -0.2) is 34.6 Å². The molecule has 1 aliphatic carbocycles. The summed E-state index contributed by atoms with van der Waals surface area (Å²) in [7, 11) is 1.86. The molecule has 88 valence electrons. The van der Waals surface area contributed by atoms with Crippen LogP contribution in [0, 0.1) is 0 Å². The SMILES string of the molecule is CCCCN(C)C(=O)c1n[nH]c2c1CCC2. The molecule has 0 atom stereocenters. The van der Waals surface area contributed by atoms with Gasteiger partial charge in [-0.1, -0.05) is 13.3 Å². The molecule has 0 saturated carbocycles.